The van der Waals surface area contributed by atoms with Crippen molar-refractivity contribution in [3.8, 4) is 0 Å². The summed E-state index contributed by atoms with van der Waals surface area (Å²) in [5, 5.41) is 1.88. The molecule has 5 rings (SSSR count). The van der Waals surface area contributed by atoms with E-state index in [-0.39, 0.29) is 5.91 Å². The molecule has 0 saturated heterocycles. The van der Waals surface area contributed by atoms with Crippen molar-refractivity contribution in [2.75, 3.05) is 22.6 Å². The predicted octanol–water partition coefficient (Wildman–Crippen LogP) is 4.05. The fourth-order valence-corrected chi connectivity index (χ4v) is 4.06. The minimum atomic E-state index is -0.264. The number of nitrogen functional groups attached to an aromatic ring is 1. The molecule has 0 bridgehead atoms. The van der Waals surface area contributed by atoms with Crippen molar-refractivity contribution in [2.24, 2.45) is 0 Å². The Morgan fingerprint density at radius 2 is 1.77 bits per heavy atom. The van der Waals surface area contributed by atoms with Crippen LogP contribution in [0.3, 0.4) is 0 Å². The molecule has 7 heteroatoms. The quantitative estimate of drug-likeness (QED) is 0.439. The van der Waals surface area contributed by atoms with Crippen molar-refractivity contribution in [1.82, 2.24) is 15.4 Å². The highest BCUT2D eigenvalue weighted by molar-refractivity contribution is 6.07. The Labute approximate surface area is 179 Å². The zero-order valence-corrected chi connectivity index (χ0v) is 16.9. The monoisotopic (exact) mass is 410 g/mol. The summed E-state index contributed by atoms with van der Waals surface area (Å²) in [6.45, 7) is 0.819. The van der Waals surface area contributed by atoms with Gasteiger partial charge in [0.25, 0.3) is 5.91 Å². The van der Waals surface area contributed by atoms with E-state index in [2.05, 4.69) is 37.9 Å². The van der Waals surface area contributed by atoms with Crippen LogP contribution in [0.15, 0.2) is 73.1 Å². The van der Waals surface area contributed by atoms with Gasteiger partial charge >= 0.3 is 0 Å². The number of aromatic nitrogens is 2. The van der Waals surface area contributed by atoms with Crippen molar-refractivity contribution in [1.29, 1.82) is 0 Å². The molecule has 1 aromatic heterocycles. The number of carbonyl (C=O) groups is 1. The van der Waals surface area contributed by atoms with Crippen LogP contribution in [0.4, 0.5) is 23.0 Å². The average molecular weight is 410 g/mol. The van der Waals surface area contributed by atoms with Crippen LogP contribution in [0.1, 0.15) is 22.3 Å². The van der Waals surface area contributed by atoms with Gasteiger partial charge < -0.3 is 10.6 Å². The van der Waals surface area contributed by atoms with E-state index < -0.39 is 0 Å². The number of nitrogens with two attached hydrogens (primary N) is 1. The van der Waals surface area contributed by atoms with Gasteiger partial charge in [0.15, 0.2) is 11.6 Å². The minimum absolute atomic E-state index is 0.264. The second-order valence-electron chi connectivity index (χ2n) is 7.45. The van der Waals surface area contributed by atoms with Crippen molar-refractivity contribution in [3.05, 3.63) is 84.2 Å². The van der Waals surface area contributed by atoms with Crippen molar-refractivity contribution < 1.29 is 4.79 Å². The number of amides is 1. The largest absolute Gasteiger partial charge is 0.393 e. The van der Waals surface area contributed by atoms with Gasteiger partial charge in [-0.15, -0.1) is 0 Å². The Morgan fingerprint density at radius 3 is 2.71 bits per heavy atom. The molecule has 154 valence electrons. The van der Waals surface area contributed by atoms with E-state index in [4.69, 9.17) is 5.73 Å². The van der Waals surface area contributed by atoms with E-state index >= 15 is 0 Å². The Hall–Kier alpha value is -4.13. The Balaban J connectivity index is 1.40. The van der Waals surface area contributed by atoms with Gasteiger partial charge in [-0.2, -0.15) is 0 Å². The zero-order valence-electron chi connectivity index (χ0n) is 16.9. The summed E-state index contributed by atoms with van der Waals surface area (Å²) in [7, 11) is 0. The van der Waals surface area contributed by atoms with E-state index in [1.807, 2.05) is 48.5 Å². The van der Waals surface area contributed by atoms with Crippen LogP contribution in [0, 0.1) is 0 Å². The second kappa shape index (κ2) is 7.95. The number of nitrogens with zero attached hydrogens (tertiary/aromatic N) is 3. The maximum Gasteiger partial charge on any atom is 0.270 e. The van der Waals surface area contributed by atoms with E-state index in [1.54, 1.807) is 6.07 Å². The lowest BCUT2D eigenvalue weighted by atomic mass is 10.0. The molecule has 0 spiro atoms. The summed E-state index contributed by atoms with van der Waals surface area (Å²) in [6.07, 6.45) is 3.50. The molecule has 3 aromatic carbocycles. The number of hydrazine groups is 1. The molecule has 1 aliphatic heterocycles. The number of para-hydroxylation sites is 1. The smallest absolute Gasteiger partial charge is 0.270 e. The number of carbonyl (C=O) groups excluding carboxylic acids is 1. The van der Waals surface area contributed by atoms with Crippen LogP contribution >= 0.6 is 0 Å². The Bertz CT molecular complexity index is 1270. The fourth-order valence-electron chi connectivity index (χ4n) is 4.06. The van der Waals surface area contributed by atoms with Gasteiger partial charge in [-0.1, -0.05) is 54.6 Å². The summed E-state index contributed by atoms with van der Waals surface area (Å²) < 4.78 is 0. The van der Waals surface area contributed by atoms with Gasteiger partial charge in [-0.05, 0) is 41.3 Å². The first-order valence-corrected chi connectivity index (χ1v) is 10.2. The molecule has 0 atom stereocenters. The first kappa shape index (κ1) is 18.9. The molecule has 0 aliphatic carbocycles. The highest BCUT2D eigenvalue weighted by Gasteiger charge is 2.22. The number of nitrogens with one attached hydrogen (secondary N) is 2. The molecule has 7 nitrogen and oxygen atoms in total. The number of rotatable bonds is 4. The molecule has 2 heterocycles. The lowest BCUT2D eigenvalue weighted by molar-refractivity contribution is 0.0964. The molecule has 0 radical (unpaired) electrons. The molecule has 0 unspecified atom stereocenters. The van der Waals surface area contributed by atoms with Crippen molar-refractivity contribution >= 4 is 39.7 Å². The van der Waals surface area contributed by atoms with Crippen LogP contribution < -0.4 is 21.5 Å². The normalized spacial score (nSPS) is 13.0. The van der Waals surface area contributed by atoms with E-state index in [0.717, 1.165) is 35.8 Å². The Morgan fingerprint density at radius 1 is 0.968 bits per heavy atom. The molecular formula is C24H22N6O. The van der Waals surface area contributed by atoms with Crippen LogP contribution in [0.25, 0.3) is 10.8 Å². The average Bonchev–Trinajstić information content (AvgIpc) is 2.82. The summed E-state index contributed by atoms with van der Waals surface area (Å²) in [5.41, 5.74) is 15.3. The van der Waals surface area contributed by atoms with Crippen LogP contribution in [0.5, 0.6) is 0 Å². The number of anilines is 4. The van der Waals surface area contributed by atoms with E-state index in [1.165, 1.54) is 11.9 Å². The molecule has 0 saturated carbocycles. The maximum atomic E-state index is 12.8. The fraction of sp³-hybridized carbons (Fsp3) is 0.125. The zero-order chi connectivity index (χ0) is 21.2. The molecule has 4 aromatic rings. The topological polar surface area (TPSA) is 96.2 Å². The Kier molecular flexibility index (Phi) is 4.84. The van der Waals surface area contributed by atoms with Gasteiger partial charge in [0.2, 0.25) is 0 Å². The third-order valence-electron chi connectivity index (χ3n) is 5.56. The lowest BCUT2D eigenvalue weighted by Gasteiger charge is -2.31. The predicted molar refractivity (Wildman–Crippen MR) is 123 cm³/mol. The summed E-state index contributed by atoms with van der Waals surface area (Å²) >= 11 is 0. The SMILES string of the molecule is Nc1c(NNC(=O)c2cccc3ccccc23)ncnc1N1CCCc2ccccc21. The minimum Gasteiger partial charge on any atom is -0.393 e. The van der Waals surface area contributed by atoms with Gasteiger partial charge in [0.1, 0.15) is 12.0 Å². The van der Waals surface area contributed by atoms with Crippen LogP contribution in [-0.4, -0.2) is 22.4 Å². The van der Waals surface area contributed by atoms with E-state index in [9.17, 15) is 4.79 Å². The molecular weight excluding hydrogens is 388 g/mol. The number of benzene rings is 3. The van der Waals surface area contributed by atoms with E-state index in [0.29, 0.717) is 22.9 Å². The van der Waals surface area contributed by atoms with Crippen molar-refractivity contribution in [2.45, 2.75) is 12.8 Å². The van der Waals surface area contributed by atoms with Crippen LogP contribution in [0.2, 0.25) is 0 Å². The third kappa shape index (κ3) is 3.50. The van der Waals surface area contributed by atoms with Crippen molar-refractivity contribution in [3.63, 3.8) is 0 Å². The van der Waals surface area contributed by atoms with Crippen LogP contribution in [-0.2, 0) is 6.42 Å². The molecule has 4 N–H and O–H groups in total. The first-order valence-electron chi connectivity index (χ1n) is 10.2. The number of fused-ring (bicyclic) bond motifs is 2. The highest BCUT2D eigenvalue weighted by atomic mass is 16.2. The third-order valence-corrected chi connectivity index (χ3v) is 5.56. The maximum absolute atomic E-state index is 12.8. The standard InChI is InChI=1S/C24H22N6O/c25-21-22(28-29-24(31)19-12-5-9-16-7-1-3-11-18(16)19)26-15-27-23(21)30-14-6-10-17-8-2-4-13-20(17)30/h1-5,7-9,11-13,15H,6,10,14,25H2,(H,29,31)(H,26,27,28). The number of hydrogen-bond donors (Lipinski definition) is 3. The summed E-state index contributed by atoms with van der Waals surface area (Å²) in [6, 6.07) is 21.7. The molecule has 0 fully saturated rings. The number of hydrogen-bond acceptors (Lipinski definition) is 6. The molecule has 1 amide bonds. The number of aryl methyl sites for hydroxylation is 1. The lowest BCUT2D eigenvalue weighted by Crippen LogP contribution is -2.31. The second-order valence-corrected chi connectivity index (χ2v) is 7.45. The van der Waals surface area contributed by atoms with Gasteiger partial charge in [0.05, 0.1) is 0 Å². The van der Waals surface area contributed by atoms with Gasteiger partial charge in [-0.3, -0.25) is 15.6 Å². The molecule has 31 heavy (non-hydrogen) atoms. The van der Waals surface area contributed by atoms with Gasteiger partial charge in [0, 0.05) is 17.8 Å². The highest BCUT2D eigenvalue weighted by Crippen LogP contribution is 2.36. The summed E-state index contributed by atoms with van der Waals surface area (Å²) in [5.74, 6) is 0.727. The summed E-state index contributed by atoms with van der Waals surface area (Å²) in [4.78, 5) is 23.6. The molecule has 1 aliphatic rings. The van der Waals surface area contributed by atoms with Gasteiger partial charge in [-0.25, -0.2) is 9.97 Å². The first-order chi connectivity index (χ1) is 15.2.